The maximum Gasteiger partial charge on any atom is 0.266 e. The molecule has 1 aliphatic rings. The number of benzene rings is 4. The fourth-order valence-electron chi connectivity index (χ4n) is 5.59. The third-order valence-electron chi connectivity index (χ3n) is 8.03. The summed E-state index contributed by atoms with van der Waals surface area (Å²) in [5.41, 5.74) is 16.7. The van der Waals surface area contributed by atoms with Gasteiger partial charge in [-0.1, -0.05) is 57.4 Å². The van der Waals surface area contributed by atoms with Gasteiger partial charge in [-0.2, -0.15) is 0 Å². The minimum Gasteiger partial charge on any atom is -0.494 e. The van der Waals surface area contributed by atoms with Gasteiger partial charge in [0.2, 0.25) is 11.6 Å². The Labute approximate surface area is 297 Å². The minimum atomic E-state index is -1.57. The van der Waals surface area contributed by atoms with Gasteiger partial charge in [0.05, 0.1) is 27.9 Å². The molecule has 0 saturated carbocycles. The van der Waals surface area contributed by atoms with Crippen LogP contribution >= 0.6 is 15.9 Å². The maximum atomic E-state index is 14.6. The van der Waals surface area contributed by atoms with Crippen LogP contribution in [0.4, 0.5) is 5.69 Å². The van der Waals surface area contributed by atoms with Gasteiger partial charge in [-0.3, -0.25) is 10.2 Å². The number of halogens is 1. The number of nitrogens with zero attached hydrogens (tertiary/aromatic N) is 4. The molecule has 14 heteroatoms. The Morgan fingerprint density at radius 1 is 1.02 bits per heavy atom. The molecular formula is C36H37BrN6O7. The Bertz CT molecular complexity index is 1840. The number of aliphatic imine (C=N–C) groups is 1. The predicted molar refractivity (Wildman–Crippen MR) is 191 cm³/mol. The number of aliphatic hydroxyl groups is 1. The lowest BCUT2D eigenvalue weighted by molar-refractivity contribution is -0.130. The average molecular weight is 746 g/mol. The summed E-state index contributed by atoms with van der Waals surface area (Å²) in [6, 6.07) is 25.3. The molecule has 0 fully saturated rings. The molecule has 4 aromatic rings. The van der Waals surface area contributed by atoms with Crippen molar-refractivity contribution in [1.82, 2.24) is 10.9 Å². The highest BCUT2D eigenvalue weighted by atomic mass is 79.9. The molecule has 0 aromatic heterocycles. The van der Waals surface area contributed by atoms with Gasteiger partial charge in [-0.25, -0.2) is 10.4 Å². The summed E-state index contributed by atoms with van der Waals surface area (Å²) in [6.07, 6.45) is -0.338. The van der Waals surface area contributed by atoms with Crippen molar-refractivity contribution in [3.05, 3.63) is 122 Å². The zero-order valence-electron chi connectivity index (χ0n) is 27.8. The standard InChI is InChI=1S/C36H37BrN6O7/c1-46-30-19-23(20-31(47-2)32(30)48-3)22-39-42-35(45)36(21-26-7-4-5-8-29(26)41-43-38)33(24-9-13-27(37)14-10-24)50-34(40-36)25-11-15-28(16-12-25)49-18-6-17-44/h4-5,7-16,19-20,33,39,44H,6,17-18,21-22H2,1-3H3,(H,42,45)/t33-,36-/m0/s1. The van der Waals surface area contributed by atoms with Gasteiger partial charge < -0.3 is 28.8 Å². The normalized spacial score (nSPS) is 16.4. The first kappa shape index (κ1) is 36.0. The van der Waals surface area contributed by atoms with Crippen molar-refractivity contribution in [3.8, 4) is 23.0 Å². The Morgan fingerprint density at radius 3 is 2.36 bits per heavy atom. The van der Waals surface area contributed by atoms with Crippen molar-refractivity contribution < 1.29 is 33.6 Å². The van der Waals surface area contributed by atoms with Crippen LogP contribution in [0.3, 0.4) is 0 Å². The molecule has 0 bridgehead atoms. The average Bonchev–Trinajstić information content (AvgIpc) is 3.53. The second-order valence-electron chi connectivity index (χ2n) is 11.2. The van der Waals surface area contributed by atoms with Crippen molar-refractivity contribution in [2.75, 3.05) is 34.5 Å². The number of carbonyl (C=O) groups excluding carboxylic acids is 1. The zero-order chi connectivity index (χ0) is 35.5. The second-order valence-corrected chi connectivity index (χ2v) is 12.1. The largest absolute Gasteiger partial charge is 0.494 e. The Morgan fingerprint density at radius 2 is 1.72 bits per heavy atom. The van der Waals surface area contributed by atoms with Crippen molar-refractivity contribution >= 4 is 33.4 Å². The van der Waals surface area contributed by atoms with Crippen molar-refractivity contribution in [1.29, 1.82) is 0 Å². The Balaban J connectivity index is 1.54. The molecule has 0 radical (unpaired) electrons. The van der Waals surface area contributed by atoms with Crippen LogP contribution in [0, 0.1) is 0 Å². The molecule has 260 valence electrons. The number of rotatable bonds is 16. The first-order valence-corrected chi connectivity index (χ1v) is 16.5. The summed E-state index contributed by atoms with van der Waals surface area (Å²) in [5.74, 6) is 1.79. The number of ether oxygens (including phenoxy) is 5. The van der Waals surface area contributed by atoms with Crippen molar-refractivity contribution in [2.24, 2.45) is 10.1 Å². The van der Waals surface area contributed by atoms with E-state index in [0.29, 0.717) is 58.4 Å². The quantitative estimate of drug-likeness (QED) is 0.0384. The third kappa shape index (κ3) is 8.12. The molecule has 3 N–H and O–H groups in total. The molecule has 0 spiro atoms. The lowest BCUT2D eigenvalue weighted by Crippen LogP contribution is -2.53. The summed E-state index contributed by atoms with van der Waals surface area (Å²) >= 11 is 3.50. The summed E-state index contributed by atoms with van der Waals surface area (Å²) in [6.45, 7) is 0.604. The lowest BCUT2D eigenvalue weighted by atomic mass is 9.81. The molecule has 1 heterocycles. The molecule has 4 aromatic carbocycles. The number of hydrogen-bond acceptors (Lipinski definition) is 10. The smallest absolute Gasteiger partial charge is 0.266 e. The second kappa shape index (κ2) is 16.9. The van der Waals surface area contributed by atoms with E-state index >= 15 is 0 Å². The van der Waals surface area contributed by atoms with Gasteiger partial charge in [-0.05, 0) is 70.8 Å². The van der Waals surface area contributed by atoms with Crippen LogP contribution in [0.2, 0.25) is 0 Å². The number of nitrogens with one attached hydrogen (secondary N) is 2. The summed E-state index contributed by atoms with van der Waals surface area (Å²) in [7, 11) is 4.59. The molecule has 0 aliphatic carbocycles. The van der Waals surface area contributed by atoms with Gasteiger partial charge in [0.15, 0.2) is 23.1 Å². The number of carbonyl (C=O) groups is 1. The van der Waals surface area contributed by atoms with Gasteiger partial charge in [-0.15, -0.1) is 0 Å². The summed E-state index contributed by atoms with van der Waals surface area (Å²) < 4.78 is 29.6. The predicted octanol–water partition coefficient (Wildman–Crippen LogP) is 6.50. The van der Waals surface area contributed by atoms with E-state index in [9.17, 15) is 10.3 Å². The highest BCUT2D eigenvalue weighted by Gasteiger charge is 2.53. The van der Waals surface area contributed by atoms with E-state index in [4.69, 9.17) is 33.8 Å². The van der Waals surface area contributed by atoms with Crippen LogP contribution in [0.15, 0.2) is 99.5 Å². The lowest BCUT2D eigenvalue weighted by Gasteiger charge is -2.31. The van der Waals surface area contributed by atoms with E-state index < -0.39 is 17.6 Å². The van der Waals surface area contributed by atoms with Gasteiger partial charge in [0.25, 0.3) is 5.91 Å². The molecular weight excluding hydrogens is 708 g/mol. The SMILES string of the molecule is COc1cc(CNNC(=O)[C@@]2(Cc3ccccc3N=[N+]=[N-])N=C(c3ccc(OCCCO)cc3)O[C@H]2c2ccc(Br)cc2)cc(OC)c1OC. The van der Waals surface area contributed by atoms with Crippen LogP contribution in [0.1, 0.15) is 34.8 Å². The molecule has 0 saturated heterocycles. The molecule has 5 rings (SSSR count). The summed E-state index contributed by atoms with van der Waals surface area (Å²) in [5, 5.41) is 13.0. The number of hydrogen-bond donors (Lipinski definition) is 3. The minimum absolute atomic E-state index is 0.0322. The summed E-state index contributed by atoms with van der Waals surface area (Å²) in [4.78, 5) is 22.7. The van der Waals surface area contributed by atoms with Gasteiger partial charge in [0.1, 0.15) is 5.75 Å². The zero-order valence-corrected chi connectivity index (χ0v) is 29.3. The number of azide groups is 1. The number of aliphatic hydroxyl groups excluding tert-OH is 1. The van der Waals surface area contributed by atoms with E-state index in [-0.39, 0.29) is 25.5 Å². The fraction of sp³-hybridized carbons (Fsp3) is 0.278. The topological polar surface area (TPSA) is 169 Å². The van der Waals surface area contributed by atoms with Crippen LogP contribution in [0.25, 0.3) is 10.4 Å². The molecule has 0 unspecified atom stereocenters. The molecule has 1 amide bonds. The molecule has 13 nitrogen and oxygen atoms in total. The highest BCUT2D eigenvalue weighted by molar-refractivity contribution is 9.10. The van der Waals surface area contributed by atoms with Crippen LogP contribution < -0.4 is 29.8 Å². The Kier molecular flexibility index (Phi) is 12.2. The van der Waals surface area contributed by atoms with E-state index in [1.807, 2.05) is 30.3 Å². The van der Waals surface area contributed by atoms with Crippen LogP contribution in [0.5, 0.6) is 23.0 Å². The van der Waals surface area contributed by atoms with Crippen LogP contribution in [-0.2, 0) is 22.5 Å². The van der Waals surface area contributed by atoms with Gasteiger partial charge >= 0.3 is 0 Å². The monoisotopic (exact) mass is 744 g/mol. The van der Waals surface area contributed by atoms with E-state index in [0.717, 1.165) is 10.0 Å². The third-order valence-corrected chi connectivity index (χ3v) is 8.55. The number of amides is 1. The van der Waals surface area contributed by atoms with E-state index in [2.05, 4.69) is 36.8 Å². The van der Waals surface area contributed by atoms with E-state index in [1.54, 1.807) is 54.6 Å². The highest BCUT2D eigenvalue weighted by Crippen LogP contribution is 2.44. The van der Waals surface area contributed by atoms with Crippen LogP contribution in [-0.4, -0.2) is 57.0 Å². The number of hydrazine groups is 1. The first-order chi connectivity index (χ1) is 24.3. The fourth-order valence-corrected chi connectivity index (χ4v) is 5.85. The van der Waals surface area contributed by atoms with Gasteiger partial charge in [0, 0.05) is 46.6 Å². The Hall–Kier alpha value is -5.27. The molecule has 2 atom stereocenters. The molecule has 50 heavy (non-hydrogen) atoms. The van der Waals surface area contributed by atoms with Crippen molar-refractivity contribution in [2.45, 2.75) is 31.0 Å². The maximum absolute atomic E-state index is 14.6. The van der Waals surface area contributed by atoms with E-state index in [1.165, 1.54) is 21.3 Å². The molecule has 1 aliphatic heterocycles. The van der Waals surface area contributed by atoms with Crippen molar-refractivity contribution in [3.63, 3.8) is 0 Å². The number of methoxy groups -OCH3 is 3. The first-order valence-electron chi connectivity index (χ1n) is 15.7.